The van der Waals surface area contributed by atoms with E-state index >= 15 is 0 Å². The van der Waals surface area contributed by atoms with E-state index in [1.54, 1.807) is 6.92 Å². The molecule has 0 saturated heterocycles. The number of nitrogens with zero attached hydrogens (tertiary/aromatic N) is 1. The summed E-state index contributed by atoms with van der Waals surface area (Å²) < 4.78 is 0. The van der Waals surface area contributed by atoms with Gasteiger partial charge in [-0.05, 0) is 31.9 Å². The maximum atomic E-state index is 11.1. The number of carbonyl (C=O) groups is 1. The number of carboxylic acid groups (broad SMARTS) is 1. The van der Waals surface area contributed by atoms with E-state index in [9.17, 15) is 4.79 Å². The zero-order chi connectivity index (χ0) is 15.1. The quantitative estimate of drug-likeness (QED) is 0.730. The van der Waals surface area contributed by atoms with Crippen LogP contribution in [0.3, 0.4) is 0 Å². The highest BCUT2D eigenvalue weighted by atomic mass is 16.4. The summed E-state index contributed by atoms with van der Waals surface area (Å²) >= 11 is 0. The van der Waals surface area contributed by atoms with Crippen molar-refractivity contribution in [2.75, 3.05) is 18.0 Å². The standard InChI is InChI=1S/C17H27NO2/c1-5-6-7-10-18(12-15(4)17(19)20)16-9-8-13(2)11-14(16)3/h8-9,11,15H,5-7,10,12H2,1-4H3,(H,19,20). The van der Waals surface area contributed by atoms with E-state index in [1.807, 2.05) is 0 Å². The number of aliphatic carboxylic acids is 1. The molecule has 0 fully saturated rings. The maximum absolute atomic E-state index is 11.1. The predicted octanol–water partition coefficient (Wildman–Crippen LogP) is 4.02. The number of hydrogen-bond acceptors (Lipinski definition) is 2. The van der Waals surface area contributed by atoms with Gasteiger partial charge < -0.3 is 10.0 Å². The van der Waals surface area contributed by atoms with Crippen molar-refractivity contribution < 1.29 is 9.90 Å². The van der Waals surface area contributed by atoms with Crippen LogP contribution in [0.1, 0.15) is 44.2 Å². The molecular weight excluding hydrogens is 250 g/mol. The average Bonchev–Trinajstić information content (AvgIpc) is 2.37. The molecule has 0 aromatic heterocycles. The fraction of sp³-hybridized carbons (Fsp3) is 0.588. The molecule has 3 nitrogen and oxygen atoms in total. The molecule has 0 aliphatic carbocycles. The van der Waals surface area contributed by atoms with Crippen LogP contribution >= 0.6 is 0 Å². The van der Waals surface area contributed by atoms with E-state index in [4.69, 9.17) is 5.11 Å². The van der Waals surface area contributed by atoms with Gasteiger partial charge in [-0.25, -0.2) is 0 Å². The number of carboxylic acids is 1. The van der Waals surface area contributed by atoms with Crippen molar-refractivity contribution in [3.05, 3.63) is 29.3 Å². The van der Waals surface area contributed by atoms with Crippen LogP contribution in [0, 0.1) is 19.8 Å². The first kappa shape index (κ1) is 16.5. The molecule has 1 aromatic rings. The SMILES string of the molecule is CCCCCN(CC(C)C(=O)O)c1ccc(C)cc1C. The summed E-state index contributed by atoms with van der Waals surface area (Å²) in [6, 6.07) is 6.37. The molecule has 0 aliphatic rings. The van der Waals surface area contributed by atoms with Gasteiger partial charge in [-0.1, -0.05) is 44.4 Å². The Morgan fingerprint density at radius 1 is 1.30 bits per heavy atom. The summed E-state index contributed by atoms with van der Waals surface area (Å²) in [5, 5.41) is 9.14. The van der Waals surface area contributed by atoms with E-state index in [2.05, 4.69) is 43.9 Å². The molecule has 1 N–H and O–H groups in total. The number of hydrogen-bond donors (Lipinski definition) is 1. The molecule has 3 heteroatoms. The van der Waals surface area contributed by atoms with Gasteiger partial charge in [0.2, 0.25) is 0 Å². The van der Waals surface area contributed by atoms with E-state index in [-0.39, 0.29) is 5.92 Å². The smallest absolute Gasteiger partial charge is 0.308 e. The van der Waals surface area contributed by atoms with E-state index in [0.717, 1.165) is 13.0 Å². The van der Waals surface area contributed by atoms with E-state index < -0.39 is 5.97 Å². The molecule has 0 saturated carbocycles. The van der Waals surface area contributed by atoms with Crippen molar-refractivity contribution in [3.63, 3.8) is 0 Å². The summed E-state index contributed by atoms with van der Waals surface area (Å²) in [5.74, 6) is -1.08. The number of aryl methyl sites for hydroxylation is 2. The Hall–Kier alpha value is -1.51. The highest BCUT2D eigenvalue weighted by Gasteiger charge is 2.17. The van der Waals surface area contributed by atoms with E-state index in [0.29, 0.717) is 6.54 Å². The van der Waals surface area contributed by atoms with Crippen LogP contribution < -0.4 is 4.90 Å². The van der Waals surface area contributed by atoms with Gasteiger partial charge in [0.25, 0.3) is 0 Å². The largest absolute Gasteiger partial charge is 0.481 e. The van der Waals surface area contributed by atoms with Crippen molar-refractivity contribution in [3.8, 4) is 0 Å². The van der Waals surface area contributed by atoms with Crippen molar-refractivity contribution in [1.29, 1.82) is 0 Å². The third-order valence-corrected chi connectivity index (χ3v) is 3.64. The molecule has 0 aliphatic heterocycles. The Bertz CT molecular complexity index is 443. The van der Waals surface area contributed by atoms with Crippen molar-refractivity contribution in [2.45, 2.75) is 47.0 Å². The van der Waals surface area contributed by atoms with Gasteiger partial charge >= 0.3 is 5.97 Å². The fourth-order valence-electron chi connectivity index (χ4n) is 2.43. The Labute approximate surface area is 122 Å². The third-order valence-electron chi connectivity index (χ3n) is 3.64. The van der Waals surface area contributed by atoms with Crippen molar-refractivity contribution in [1.82, 2.24) is 0 Å². The minimum atomic E-state index is -0.727. The normalized spacial score (nSPS) is 12.2. The molecule has 1 atom stereocenters. The second-order valence-electron chi connectivity index (χ2n) is 5.68. The fourth-order valence-corrected chi connectivity index (χ4v) is 2.43. The molecule has 0 bridgehead atoms. The molecule has 0 radical (unpaired) electrons. The lowest BCUT2D eigenvalue weighted by Gasteiger charge is -2.28. The van der Waals surface area contributed by atoms with Gasteiger partial charge in [-0.15, -0.1) is 0 Å². The lowest BCUT2D eigenvalue weighted by Crippen LogP contribution is -2.33. The highest BCUT2D eigenvalue weighted by molar-refractivity contribution is 5.70. The Balaban J connectivity index is 2.87. The Kier molecular flexibility index (Phi) is 6.56. The zero-order valence-corrected chi connectivity index (χ0v) is 13.1. The molecule has 0 spiro atoms. The number of benzene rings is 1. The lowest BCUT2D eigenvalue weighted by molar-refractivity contribution is -0.140. The van der Waals surface area contributed by atoms with Gasteiger partial charge in [-0.2, -0.15) is 0 Å². The molecule has 112 valence electrons. The first-order valence-corrected chi connectivity index (χ1v) is 7.50. The number of rotatable bonds is 8. The highest BCUT2D eigenvalue weighted by Crippen LogP contribution is 2.23. The monoisotopic (exact) mass is 277 g/mol. The van der Waals surface area contributed by atoms with Crippen LogP contribution in [0.15, 0.2) is 18.2 Å². The number of unbranched alkanes of at least 4 members (excludes halogenated alkanes) is 2. The molecule has 20 heavy (non-hydrogen) atoms. The maximum Gasteiger partial charge on any atom is 0.308 e. The van der Waals surface area contributed by atoms with Crippen LogP contribution in [-0.2, 0) is 4.79 Å². The van der Waals surface area contributed by atoms with Crippen LogP contribution in [0.2, 0.25) is 0 Å². The summed E-state index contributed by atoms with van der Waals surface area (Å²) in [7, 11) is 0. The lowest BCUT2D eigenvalue weighted by atomic mass is 10.1. The van der Waals surface area contributed by atoms with Crippen molar-refractivity contribution >= 4 is 11.7 Å². The summed E-state index contributed by atoms with van der Waals surface area (Å²) in [4.78, 5) is 13.3. The third kappa shape index (κ3) is 4.87. The van der Waals surface area contributed by atoms with Crippen LogP contribution in [0.25, 0.3) is 0 Å². The van der Waals surface area contributed by atoms with Crippen LogP contribution in [0.5, 0.6) is 0 Å². The molecule has 1 unspecified atom stereocenters. The predicted molar refractivity (Wildman–Crippen MR) is 84.5 cm³/mol. The Morgan fingerprint density at radius 2 is 2.00 bits per heavy atom. The van der Waals surface area contributed by atoms with Crippen LogP contribution in [-0.4, -0.2) is 24.2 Å². The topological polar surface area (TPSA) is 40.5 Å². The molecule has 1 aromatic carbocycles. The van der Waals surface area contributed by atoms with Crippen LogP contribution in [0.4, 0.5) is 5.69 Å². The minimum Gasteiger partial charge on any atom is -0.481 e. The summed E-state index contributed by atoms with van der Waals surface area (Å²) in [6.07, 6.45) is 3.47. The number of anilines is 1. The van der Waals surface area contributed by atoms with Gasteiger partial charge in [0.1, 0.15) is 0 Å². The molecule has 0 heterocycles. The zero-order valence-electron chi connectivity index (χ0n) is 13.1. The van der Waals surface area contributed by atoms with Gasteiger partial charge in [0.05, 0.1) is 5.92 Å². The Morgan fingerprint density at radius 3 is 2.55 bits per heavy atom. The van der Waals surface area contributed by atoms with Gasteiger partial charge in [-0.3, -0.25) is 4.79 Å². The van der Waals surface area contributed by atoms with Gasteiger partial charge in [0, 0.05) is 18.8 Å². The summed E-state index contributed by atoms with van der Waals surface area (Å²) in [6.45, 7) is 9.64. The molecular formula is C17H27NO2. The minimum absolute atomic E-state index is 0.350. The van der Waals surface area contributed by atoms with Crippen molar-refractivity contribution in [2.24, 2.45) is 5.92 Å². The molecule has 0 amide bonds. The first-order chi connectivity index (χ1) is 9.45. The average molecular weight is 277 g/mol. The second-order valence-corrected chi connectivity index (χ2v) is 5.68. The first-order valence-electron chi connectivity index (χ1n) is 7.50. The second kappa shape index (κ2) is 7.93. The molecule has 1 rings (SSSR count). The van der Waals surface area contributed by atoms with E-state index in [1.165, 1.54) is 29.7 Å². The van der Waals surface area contributed by atoms with Gasteiger partial charge in [0.15, 0.2) is 0 Å². The summed E-state index contributed by atoms with van der Waals surface area (Å²) in [5.41, 5.74) is 3.63.